The molecule has 3 aromatic rings. The molecule has 1 aromatic heterocycles. The Labute approximate surface area is 196 Å². The predicted molar refractivity (Wildman–Crippen MR) is 124 cm³/mol. The summed E-state index contributed by atoms with van der Waals surface area (Å²) >= 11 is 12.6. The minimum Gasteiger partial charge on any atom is -0.468 e. The van der Waals surface area contributed by atoms with Crippen LogP contribution in [0.4, 0.5) is 0 Å². The third-order valence-electron chi connectivity index (χ3n) is 5.26. The molecule has 7 nitrogen and oxygen atoms in total. The van der Waals surface area contributed by atoms with Crippen molar-refractivity contribution in [1.82, 2.24) is 9.88 Å². The van der Waals surface area contributed by atoms with Gasteiger partial charge in [0.05, 0.1) is 33.6 Å². The molecule has 1 N–H and O–H groups in total. The van der Waals surface area contributed by atoms with Crippen LogP contribution in [0.3, 0.4) is 0 Å². The van der Waals surface area contributed by atoms with Crippen LogP contribution in [-0.4, -0.2) is 37.7 Å². The van der Waals surface area contributed by atoms with Crippen LogP contribution in [0.1, 0.15) is 34.6 Å². The molecule has 32 heavy (non-hydrogen) atoms. The number of nitrogens with zero attached hydrogens (tertiary/aromatic N) is 1. The van der Waals surface area contributed by atoms with E-state index in [4.69, 9.17) is 23.2 Å². The minimum absolute atomic E-state index is 0.000695. The molecule has 2 aromatic carbocycles. The molecule has 0 saturated heterocycles. The van der Waals surface area contributed by atoms with Crippen molar-refractivity contribution in [1.29, 1.82) is 0 Å². The van der Waals surface area contributed by atoms with Gasteiger partial charge in [0.2, 0.25) is 0 Å². The minimum atomic E-state index is -3.80. The van der Waals surface area contributed by atoms with Crippen molar-refractivity contribution in [2.75, 3.05) is 12.9 Å². The number of rotatable bonds is 6. The van der Waals surface area contributed by atoms with Gasteiger partial charge >= 0.3 is 5.97 Å². The maximum absolute atomic E-state index is 12.9. The lowest BCUT2D eigenvalue weighted by molar-refractivity contribution is -0.137. The third kappa shape index (κ3) is 4.62. The van der Waals surface area contributed by atoms with E-state index in [2.05, 4.69) is 10.1 Å². The van der Waals surface area contributed by atoms with E-state index in [0.29, 0.717) is 26.7 Å². The summed E-state index contributed by atoms with van der Waals surface area (Å²) in [6, 6.07) is 9.14. The van der Waals surface area contributed by atoms with E-state index in [1.165, 1.54) is 12.1 Å². The molecule has 1 amide bonds. The van der Waals surface area contributed by atoms with E-state index in [1.807, 2.05) is 13.0 Å². The number of benzene rings is 2. The van der Waals surface area contributed by atoms with Crippen LogP contribution in [0.5, 0.6) is 0 Å². The van der Waals surface area contributed by atoms with Gasteiger partial charge in [0.1, 0.15) is 5.69 Å². The fraction of sp³-hybridized carbons (Fsp3) is 0.273. The number of halogens is 2. The number of ether oxygens (including phenoxy) is 1. The Hall–Kier alpha value is -2.55. The summed E-state index contributed by atoms with van der Waals surface area (Å²) in [5.74, 6) is -1.88. The fourth-order valence-electron chi connectivity index (χ4n) is 3.36. The number of esters is 1. The first kappa shape index (κ1) is 24.1. The predicted octanol–water partition coefficient (Wildman–Crippen LogP) is 4.23. The zero-order valence-electron chi connectivity index (χ0n) is 17.9. The molecule has 0 unspecified atom stereocenters. The van der Waals surface area contributed by atoms with Gasteiger partial charge in [-0.3, -0.25) is 9.59 Å². The van der Waals surface area contributed by atoms with E-state index in [9.17, 15) is 18.0 Å². The number of nitrogens with one attached hydrogen (secondary N) is 1. The lowest BCUT2D eigenvalue weighted by Gasteiger charge is -2.15. The molecule has 1 heterocycles. The number of methoxy groups -OCH3 is 1. The molecule has 0 bridgehead atoms. The molecule has 170 valence electrons. The van der Waals surface area contributed by atoms with E-state index < -0.39 is 27.6 Å². The molecule has 0 aliphatic heterocycles. The molecule has 0 aliphatic carbocycles. The van der Waals surface area contributed by atoms with Gasteiger partial charge in [0, 0.05) is 12.4 Å². The number of sulfone groups is 1. The molecule has 10 heteroatoms. The smallest absolute Gasteiger partial charge is 0.321 e. The van der Waals surface area contributed by atoms with E-state index >= 15 is 0 Å². The Morgan fingerprint density at radius 2 is 1.75 bits per heavy atom. The van der Waals surface area contributed by atoms with Crippen LogP contribution in [0.2, 0.25) is 10.0 Å². The van der Waals surface area contributed by atoms with Gasteiger partial charge in [-0.1, -0.05) is 35.3 Å². The second-order valence-corrected chi connectivity index (χ2v) is 10.2. The zero-order valence-corrected chi connectivity index (χ0v) is 20.2. The summed E-state index contributed by atoms with van der Waals surface area (Å²) in [6.45, 7) is 3.63. The first-order valence-electron chi connectivity index (χ1n) is 9.60. The number of fused-ring (bicyclic) bond motifs is 1. The van der Waals surface area contributed by atoms with Crippen molar-refractivity contribution in [3.05, 3.63) is 63.3 Å². The van der Waals surface area contributed by atoms with Crippen molar-refractivity contribution < 1.29 is 22.7 Å². The maximum atomic E-state index is 12.9. The van der Waals surface area contributed by atoms with Crippen molar-refractivity contribution in [2.24, 2.45) is 7.05 Å². The summed E-state index contributed by atoms with van der Waals surface area (Å²) in [5.41, 5.74) is 2.71. The lowest BCUT2D eigenvalue weighted by atomic mass is 10.1. The molecule has 1 atom stereocenters. The Morgan fingerprint density at radius 1 is 1.12 bits per heavy atom. The molecular weight excluding hydrogens is 476 g/mol. The average molecular weight is 498 g/mol. The Bertz CT molecular complexity index is 1310. The number of hydrogen-bond donors (Lipinski definition) is 1. The molecule has 0 aliphatic rings. The van der Waals surface area contributed by atoms with Crippen molar-refractivity contribution in [3.8, 4) is 0 Å². The van der Waals surface area contributed by atoms with Crippen LogP contribution >= 0.6 is 23.2 Å². The van der Waals surface area contributed by atoms with Gasteiger partial charge < -0.3 is 14.6 Å². The van der Waals surface area contributed by atoms with Gasteiger partial charge in [-0.2, -0.15) is 0 Å². The summed E-state index contributed by atoms with van der Waals surface area (Å²) in [7, 11) is -0.900. The quantitative estimate of drug-likeness (QED) is 0.406. The standard InChI is InChI=1S/C22H22Cl2N2O5S/c1-12-9-17-16(21(24)20(12)23)10-18(26(17)3)22(28)25-13(2)14-5-7-15(8-6-14)32(29,30)11-19(27)31-4/h5-10,13H,11H2,1-4H3,(H,25,28)/t13-/m1/s1/i4+1. The number of aromatic nitrogens is 1. The van der Waals surface area contributed by atoms with Crippen LogP contribution < -0.4 is 5.32 Å². The normalized spacial score (nSPS) is 12.6. The first-order chi connectivity index (χ1) is 15.0. The summed E-state index contributed by atoms with van der Waals surface area (Å²) in [6.07, 6.45) is 0. The summed E-state index contributed by atoms with van der Waals surface area (Å²) < 4.78 is 30.7. The SMILES string of the molecule is Cc1cc2c(cc(C(=O)N[C@H](C)c3ccc(S(=O)(=O)CC(=O)O[13CH3])cc3)n2C)c(Cl)c1Cl. The highest BCUT2D eigenvalue weighted by Gasteiger charge is 2.22. The van der Waals surface area contributed by atoms with Gasteiger partial charge in [-0.25, -0.2) is 8.42 Å². The monoisotopic (exact) mass is 497 g/mol. The molecule has 0 fully saturated rings. The number of carbonyl (C=O) groups is 2. The molecule has 0 spiro atoms. The second-order valence-electron chi connectivity index (χ2n) is 7.44. The van der Waals surface area contributed by atoms with Crippen molar-refractivity contribution >= 4 is 55.8 Å². The number of hydrogen-bond acceptors (Lipinski definition) is 5. The highest BCUT2D eigenvalue weighted by molar-refractivity contribution is 7.92. The van der Waals surface area contributed by atoms with Crippen molar-refractivity contribution in [2.45, 2.75) is 24.8 Å². The highest BCUT2D eigenvalue weighted by atomic mass is 35.5. The second kappa shape index (κ2) is 9.13. The molecule has 0 saturated carbocycles. The van der Waals surface area contributed by atoms with Gasteiger partial charge in [-0.05, 0) is 49.2 Å². The molecular formula is C22H22Cl2N2O5S. The van der Waals surface area contributed by atoms with Gasteiger partial charge in [0.15, 0.2) is 15.6 Å². The summed E-state index contributed by atoms with van der Waals surface area (Å²) in [4.78, 5) is 24.2. The van der Waals surface area contributed by atoms with E-state index in [-0.39, 0.29) is 10.8 Å². The largest absolute Gasteiger partial charge is 0.468 e. The molecule has 0 radical (unpaired) electrons. The topological polar surface area (TPSA) is 94.5 Å². The number of carbonyl (C=O) groups excluding carboxylic acids is 2. The zero-order chi connectivity index (χ0) is 23.8. The van der Waals surface area contributed by atoms with Crippen LogP contribution in [0.25, 0.3) is 10.9 Å². The fourth-order valence-corrected chi connectivity index (χ4v) is 4.96. The number of aryl methyl sites for hydroxylation is 2. The summed E-state index contributed by atoms with van der Waals surface area (Å²) in [5, 5.41) is 4.43. The Balaban J connectivity index is 1.81. The highest BCUT2D eigenvalue weighted by Crippen LogP contribution is 2.35. The van der Waals surface area contributed by atoms with Crippen LogP contribution in [0.15, 0.2) is 41.3 Å². The van der Waals surface area contributed by atoms with Crippen molar-refractivity contribution in [3.63, 3.8) is 0 Å². The lowest BCUT2D eigenvalue weighted by Crippen LogP contribution is -2.28. The van der Waals surface area contributed by atoms with Crippen LogP contribution in [-0.2, 0) is 26.4 Å². The average Bonchev–Trinajstić information content (AvgIpc) is 3.08. The number of amides is 1. The first-order valence-corrected chi connectivity index (χ1v) is 12.0. The van der Waals surface area contributed by atoms with Gasteiger partial charge in [-0.15, -0.1) is 0 Å². The van der Waals surface area contributed by atoms with E-state index in [0.717, 1.165) is 18.2 Å². The van der Waals surface area contributed by atoms with Gasteiger partial charge in [0.25, 0.3) is 5.91 Å². The Morgan fingerprint density at radius 3 is 2.34 bits per heavy atom. The third-order valence-corrected chi connectivity index (χ3v) is 7.85. The van der Waals surface area contributed by atoms with Crippen LogP contribution in [0, 0.1) is 6.92 Å². The maximum Gasteiger partial charge on any atom is 0.321 e. The van der Waals surface area contributed by atoms with E-state index in [1.54, 1.807) is 36.7 Å². The Kier molecular flexibility index (Phi) is 6.88. The molecule has 3 rings (SSSR count).